The van der Waals surface area contributed by atoms with Crippen molar-refractivity contribution in [1.82, 2.24) is 15.1 Å². The van der Waals surface area contributed by atoms with E-state index >= 15 is 0 Å². The van der Waals surface area contributed by atoms with E-state index in [9.17, 15) is 4.79 Å². The van der Waals surface area contributed by atoms with Crippen LogP contribution in [0.2, 0.25) is 0 Å². The van der Waals surface area contributed by atoms with Gasteiger partial charge in [-0.1, -0.05) is 36.8 Å². The highest BCUT2D eigenvalue weighted by Crippen LogP contribution is 2.22. The number of carbonyl (C=O) groups is 1. The first-order valence-corrected chi connectivity index (χ1v) is 9.91. The first kappa shape index (κ1) is 18.2. The van der Waals surface area contributed by atoms with Gasteiger partial charge in [0.15, 0.2) is 0 Å². The lowest BCUT2D eigenvalue weighted by Crippen LogP contribution is -2.46. The molecule has 1 aromatic rings. The summed E-state index contributed by atoms with van der Waals surface area (Å²) in [5.41, 5.74) is 2.41. The number of carbonyl (C=O) groups excluding carboxylic acids is 1. The van der Waals surface area contributed by atoms with Crippen molar-refractivity contribution in [1.29, 1.82) is 0 Å². The Bertz CT molecular complexity index is 549. The molecule has 2 aliphatic rings. The molecule has 4 heteroatoms. The van der Waals surface area contributed by atoms with Gasteiger partial charge >= 0.3 is 6.03 Å². The molecule has 0 spiro atoms. The Kier molecular flexibility index (Phi) is 6.35. The number of rotatable bonds is 4. The van der Waals surface area contributed by atoms with E-state index < -0.39 is 0 Å². The highest BCUT2D eigenvalue weighted by atomic mass is 16.2. The summed E-state index contributed by atoms with van der Waals surface area (Å²) in [7, 11) is 0. The van der Waals surface area contributed by atoms with Crippen LogP contribution in [0.1, 0.15) is 43.7 Å². The molecule has 2 aliphatic heterocycles. The first-order chi connectivity index (χ1) is 12.1. The molecular weight excluding hydrogens is 310 g/mol. The molecule has 0 radical (unpaired) electrons. The summed E-state index contributed by atoms with van der Waals surface area (Å²) in [6.45, 7) is 10.6. The van der Waals surface area contributed by atoms with Crippen LogP contribution in [0.4, 0.5) is 4.79 Å². The van der Waals surface area contributed by atoms with Crippen molar-refractivity contribution in [3.05, 3.63) is 35.4 Å². The molecule has 1 aromatic carbocycles. The summed E-state index contributed by atoms with van der Waals surface area (Å²) in [5, 5.41) is 3.07. The van der Waals surface area contributed by atoms with Crippen molar-refractivity contribution in [3.63, 3.8) is 0 Å². The van der Waals surface area contributed by atoms with Crippen LogP contribution in [0.3, 0.4) is 0 Å². The van der Waals surface area contributed by atoms with Gasteiger partial charge in [0, 0.05) is 32.7 Å². The minimum atomic E-state index is 0.0885. The van der Waals surface area contributed by atoms with Crippen LogP contribution in [0.5, 0.6) is 0 Å². The average Bonchev–Trinajstić information content (AvgIpc) is 2.62. The van der Waals surface area contributed by atoms with Crippen molar-refractivity contribution in [2.75, 3.05) is 32.7 Å². The van der Waals surface area contributed by atoms with E-state index in [2.05, 4.69) is 48.3 Å². The highest BCUT2D eigenvalue weighted by molar-refractivity contribution is 5.74. The molecule has 2 heterocycles. The molecule has 3 rings (SSSR count). The van der Waals surface area contributed by atoms with Crippen LogP contribution in [0, 0.1) is 18.8 Å². The van der Waals surface area contributed by atoms with Gasteiger partial charge in [-0.2, -0.15) is 0 Å². The van der Waals surface area contributed by atoms with Gasteiger partial charge in [0.2, 0.25) is 0 Å². The lowest BCUT2D eigenvalue weighted by Gasteiger charge is -2.37. The Morgan fingerprint density at radius 2 is 1.84 bits per heavy atom. The minimum absolute atomic E-state index is 0.0885. The fourth-order valence-electron chi connectivity index (χ4n) is 4.13. The Morgan fingerprint density at radius 3 is 2.52 bits per heavy atom. The normalized spacial score (nSPS) is 22.8. The van der Waals surface area contributed by atoms with Crippen LogP contribution in [0.15, 0.2) is 24.3 Å². The lowest BCUT2D eigenvalue weighted by molar-refractivity contribution is 0.122. The number of amides is 2. The van der Waals surface area contributed by atoms with E-state index in [1.165, 1.54) is 38.0 Å². The largest absolute Gasteiger partial charge is 0.334 e. The van der Waals surface area contributed by atoms with Crippen LogP contribution in [0.25, 0.3) is 0 Å². The van der Waals surface area contributed by atoms with Crippen LogP contribution < -0.4 is 5.32 Å². The van der Waals surface area contributed by atoms with Gasteiger partial charge in [-0.25, -0.2) is 4.79 Å². The van der Waals surface area contributed by atoms with Crippen molar-refractivity contribution in [2.24, 2.45) is 11.8 Å². The van der Waals surface area contributed by atoms with Gasteiger partial charge in [-0.05, 0) is 56.6 Å². The molecule has 25 heavy (non-hydrogen) atoms. The molecule has 0 aromatic heterocycles. The lowest BCUT2D eigenvalue weighted by atomic mass is 9.94. The predicted octanol–water partition coefficient (Wildman–Crippen LogP) is 3.65. The summed E-state index contributed by atoms with van der Waals surface area (Å²) in [6.07, 6.45) is 5.02. The third kappa shape index (κ3) is 5.46. The Balaban J connectivity index is 1.37. The zero-order valence-corrected chi connectivity index (χ0v) is 15.8. The summed E-state index contributed by atoms with van der Waals surface area (Å²) in [6, 6.07) is 8.44. The number of piperidine rings is 2. The number of hydrogen-bond acceptors (Lipinski definition) is 2. The monoisotopic (exact) mass is 343 g/mol. The van der Waals surface area contributed by atoms with Gasteiger partial charge < -0.3 is 15.1 Å². The molecule has 0 unspecified atom stereocenters. The van der Waals surface area contributed by atoms with Crippen LogP contribution in [-0.4, -0.2) is 48.6 Å². The maximum Gasteiger partial charge on any atom is 0.317 e. The standard InChI is InChI=1S/C21H33N3O/c1-17-5-7-19(8-6-17)14-22-21(25)24-12-9-20(10-13-24)16-23-11-3-4-18(2)15-23/h5-8,18,20H,3-4,9-16H2,1-2H3,(H,22,25)/t18-/m1/s1. The molecule has 0 bridgehead atoms. The topological polar surface area (TPSA) is 35.6 Å². The number of nitrogens with zero attached hydrogens (tertiary/aromatic N) is 2. The summed E-state index contributed by atoms with van der Waals surface area (Å²) >= 11 is 0. The second-order valence-corrected chi connectivity index (χ2v) is 8.08. The fraction of sp³-hybridized carbons (Fsp3) is 0.667. The van der Waals surface area contributed by atoms with E-state index in [0.717, 1.165) is 43.3 Å². The van der Waals surface area contributed by atoms with E-state index in [-0.39, 0.29) is 6.03 Å². The number of nitrogens with one attached hydrogen (secondary N) is 1. The third-order valence-electron chi connectivity index (χ3n) is 5.72. The zero-order valence-electron chi connectivity index (χ0n) is 15.8. The second-order valence-electron chi connectivity index (χ2n) is 8.08. The maximum absolute atomic E-state index is 12.4. The molecule has 1 N–H and O–H groups in total. The third-order valence-corrected chi connectivity index (χ3v) is 5.72. The smallest absolute Gasteiger partial charge is 0.317 e. The van der Waals surface area contributed by atoms with Crippen molar-refractivity contribution in [2.45, 2.75) is 46.1 Å². The Hall–Kier alpha value is -1.55. The second kappa shape index (κ2) is 8.70. The quantitative estimate of drug-likeness (QED) is 0.906. The first-order valence-electron chi connectivity index (χ1n) is 9.91. The SMILES string of the molecule is Cc1ccc(CNC(=O)N2CCC(CN3CCC[C@@H](C)C3)CC2)cc1. The van der Waals surface area contributed by atoms with E-state index in [0.29, 0.717) is 6.54 Å². The van der Waals surface area contributed by atoms with E-state index in [1.807, 2.05) is 4.90 Å². The molecule has 1 atom stereocenters. The summed E-state index contributed by atoms with van der Waals surface area (Å²) in [5.74, 6) is 1.60. The molecule has 4 nitrogen and oxygen atoms in total. The molecule has 138 valence electrons. The molecule has 2 fully saturated rings. The molecule has 0 aliphatic carbocycles. The van der Waals surface area contributed by atoms with E-state index in [1.54, 1.807) is 0 Å². The fourth-order valence-corrected chi connectivity index (χ4v) is 4.13. The van der Waals surface area contributed by atoms with Gasteiger partial charge in [0.1, 0.15) is 0 Å². The van der Waals surface area contributed by atoms with E-state index in [4.69, 9.17) is 0 Å². The van der Waals surface area contributed by atoms with Crippen molar-refractivity contribution in [3.8, 4) is 0 Å². The Labute approximate surface area is 152 Å². The Morgan fingerprint density at radius 1 is 1.12 bits per heavy atom. The number of benzene rings is 1. The average molecular weight is 344 g/mol. The van der Waals surface area contributed by atoms with Crippen LogP contribution >= 0.6 is 0 Å². The predicted molar refractivity (Wildman–Crippen MR) is 103 cm³/mol. The van der Waals surface area contributed by atoms with Gasteiger partial charge in [0.25, 0.3) is 0 Å². The van der Waals surface area contributed by atoms with Crippen molar-refractivity contribution >= 4 is 6.03 Å². The molecule has 2 amide bonds. The van der Waals surface area contributed by atoms with Crippen molar-refractivity contribution < 1.29 is 4.79 Å². The van der Waals surface area contributed by atoms with Gasteiger partial charge in [-0.3, -0.25) is 0 Å². The molecular formula is C21H33N3O. The highest BCUT2D eigenvalue weighted by Gasteiger charge is 2.25. The molecule has 0 saturated carbocycles. The summed E-state index contributed by atoms with van der Waals surface area (Å²) in [4.78, 5) is 17.0. The molecule has 2 saturated heterocycles. The number of likely N-dealkylation sites (tertiary alicyclic amines) is 2. The van der Waals surface area contributed by atoms with Crippen LogP contribution in [-0.2, 0) is 6.54 Å². The number of urea groups is 1. The summed E-state index contributed by atoms with van der Waals surface area (Å²) < 4.78 is 0. The maximum atomic E-state index is 12.4. The number of aryl methyl sites for hydroxylation is 1. The number of hydrogen-bond donors (Lipinski definition) is 1. The minimum Gasteiger partial charge on any atom is -0.334 e. The van der Waals surface area contributed by atoms with Gasteiger partial charge in [-0.15, -0.1) is 0 Å². The van der Waals surface area contributed by atoms with Gasteiger partial charge in [0.05, 0.1) is 0 Å². The zero-order chi connectivity index (χ0) is 17.6.